The van der Waals surface area contributed by atoms with Gasteiger partial charge < -0.3 is 24.6 Å². The van der Waals surface area contributed by atoms with Gasteiger partial charge in [0.15, 0.2) is 0 Å². The Balaban J connectivity index is -0.000000832. The normalized spacial score (nSPS) is 13.0. The molecule has 0 spiro atoms. The number of ether oxygens (including phenoxy) is 2. The fraction of sp³-hybridized carbons (Fsp3) is 0.935. The largest absolute Gasteiger partial charge is 0.394 e. The maximum absolute atomic E-state index is 9.65. The molecule has 0 amide bonds. The lowest BCUT2D eigenvalue weighted by molar-refractivity contribution is -0.306. The van der Waals surface area contributed by atoms with Crippen LogP contribution in [0.4, 0.5) is 0 Å². The molecule has 2 atom stereocenters. The van der Waals surface area contributed by atoms with E-state index >= 15 is 0 Å². The fourth-order valence-corrected chi connectivity index (χ4v) is 7.04. The molecule has 0 aromatic carbocycles. The van der Waals surface area contributed by atoms with Gasteiger partial charge in [-0.3, -0.25) is 10.7 Å². The molecule has 0 aliphatic heterocycles. The Bertz CT molecular complexity index is 741. The molecule has 0 saturated heterocycles. The third-order valence-corrected chi connectivity index (χ3v) is 11.2. The van der Waals surface area contributed by atoms with Gasteiger partial charge in [0, 0.05) is 30.6 Å². The van der Waals surface area contributed by atoms with Crippen molar-refractivity contribution in [1.82, 2.24) is 5.32 Å². The van der Waals surface area contributed by atoms with Crippen molar-refractivity contribution in [2.24, 2.45) is 4.99 Å². The minimum absolute atomic E-state index is 0.0206. The molecule has 276 valence electrons. The van der Waals surface area contributed by atoms with Crippen LogP contribution >= 0.6 is 0 Å². The summed E-state index contributed by atoms with van der Waals surface area (Å²) in [6, 6.07) is 3.75. The van der Waals surface area contributed by atoms with Crippen molar-refractivity contribution in [1.29, 1.82) is 5.41 Å². The van der Waals surface area contributed by atoms with Crippen LogP contribution in [0.1, 0.15) is 39.5 Å². The lowest BCUT2D eigenvalue weighted by atomic mass is 10.3. The van der Waals surface area contributed by atoms with Crippen molar-refractivity contribution >= 4 is 36.2 Å². The first-order valence-corrected chi connectivity index (χ1v) is 27.8. The molecule has 12 nitrogen and oxygen atoms in total. The van der Waals surface area contributed by atoms with Crippen molar-refractivity contribution < 1.29 is 44.0 Å². The minimum Gasteiger partial charge on any atom is -0.394 e. The van der Waals surface area contributed by atoms with Crippen molar-refractivity contribution in [2.75, 3.05) is 59.5 Å². The summed E-state index contributed by atoms with van der Waals surface area (Å²) < 4.78 is 10.2. The van der Waals surface area contributed by atoms with Gasteiger partial charge in [0.2, 0.25) is 12.0 Å². The number of nitrogens with zero attached hydrogens (tertiary/aromatic N) is 1. The van der Waals surface area contributed by atoms with E-state index in [9.17, 15) is 4.79 Å². The van der Waals surface area contributed by atoms with Gasteiger partial charge in [0.1, 0.15) is 19.4 Å². The highest BCUT2D eigenvalue weighted by Crippen LogP contribution is 2.13. The molecule has 0 aromatic heterocycles. The number of hydrogen-bond acceptors (Lipinski definition) is 12. The highest BCUT2D eigenvalue weighted by Gasteiger charge is 2.14. The number of hydrogen-bond donors (Lipinski definition) is 4. The van der Waals surface area contributed by atoms with Crippen LogP contribution in [0, 0.1) is 5.41 Å². The third-order valence-electron chi connectivity index (χ3n) is 5.69. The molecular weight excluding hydrogens is 643 g/mol. The van der Waals surface area contributed by atoms with E-state index in [-0.39, 0.29) is 18.6 Å². The number of aliphatic hydroxyl groups is 2. The highest BCUT2D eigenvalue weighted by molar-refractivity contribution is 6.76. The number of aliphatic imine (C=N–C) groups is 1. The Kier molecular flexibility index (Phi) is 33.9. The molecule has 15 heteroatoms. The zero-order chi connectivity index (χ0) is 35.9. The van der Waals surface area contributed by atoms with Gasteiger partial charge in [-0.15, -0.1) is 0 Å². The maximum Gasteiger partial charge on any atom is 0.234 e. The molecule has 46 heavy (non-hydrogen) atoms. The Labute approximate surface area is 283 Å². The summed E-state index contributed by atoms with van der Waals surface area (Å²) in [6.45, 7) is 28.3. The van der Waals surface area contributed by atoms with Crippen molar-refractivity contribution in [3.8, 4) is 0 Å². The van der Waals surface area contributed by atoms with Gasteiger partial charge in [-0.2, -0.15) is 4.89 Å². The summed E-state index contributed by atoms with van der Waals surface area (Å²) in [5.74, 6) is 0.180. The Morgan fingerprint density at radius 2 is 1.39 bits per heavy atom. The highest BCUT2D eigenvalue weighted by atomic mass is 28.3. The minimum atomic E-state index is -1.05. The molecule has 0 bridgehead atoms. The van der Waals surface area contributed by atoms with Crippen LogP contribution in [-0.4, -0.2) is 118 Å². The van der Waals surface area contributed by atoms with E-state index in [2.05, 4.69) is 69.2 Å². The molecule has 0 rings (SSSR count). The van der Waals surface area contributed by atoms with Crippen LogP contribution in [0.3, 0.4) is 0 Å². The average Bonchev–Trinajstić information content (AvgIpc) is 2.92. The van der Waals surface area contributed by atoms with E-state index in [0.717, 1.165) is 19.4 Å². The second-order valence-electron chi connectivity index (χ2n) is 14.9. The van der Waals surface area contributed by atoms with Crippen LogP contribution in [0.5, 0.6) is 0 Å². The molecule has 0 radical (unpaired) electrons. The van der Waals surface area contributed by atoms with E-state index in [1.165, 1.54) is 24.6 Å². The van der Waals surface area contributed by atoms with Crippen LogP contribution in [0.25, 0.3) is 0 Å². The predicted octanol–water partition coefficient (Wildman–Crippen LogP) is 6.09. The Morgan fingerprint density at radius 1 is 0.826 bits per heavy atom. The van der Waals surface area contributed by atoms with E-state index in [1.807, 2.05) is 6.92 Å². The molecule has 0 saturated carbocycles. The monoisotopic (exact) mass is 713 g/mol. The topological polar surface area (TPSA) is 161 Å². The number of carbonyl (C=O) groups excluding carboxylic acids is 1. The Morgan fingerprint density at radius 3 is 1.93 bits per heavy atom. The fourth-order valence-electron chi connectivity index (χ4n) is 3.34. The quantitative estimate of drug-likeness (QED) is 0.0121. The zero-order valence-electron chi connectivity index (χ0n) is 31.2. The van der Waals surface area contributed by atoms with Gasteiger partial charge in [-0.25, -0.2) is 19.6 Å². The smallest absolute Gasteiger partial charge is 0.234 e. The molecule has 0 aliphatic rings. The van der Waals surface area contributed by atoms with Crippen LogP contribution in [-0.2, 0) is 33.8 Å². The van der Waals surface area contributed by atoms with E-state index in [4.69, 9.17) is 44.6 Å². The van der Waals surface area contributed by atoms with E-state index in [0.29, 0.717) is 52.7 Å². The van der Waals surface area contributed by atoms with Gasteiger partial charge in [-0.05, 0) is 39.7 Å². The molecule has 2 unspecified atom stereocenters. The number of isocyanates is 1. The summed E-state index contributed by atoms with van der Waals surface area (Å²) in [5.41, 5.74) is 0. The summed E-state index contributed by atoms with van der Waals surface area (Å²) in [4.78, 5) is 33.5. The molecule has 0 aromatic rings. The predicted molar refractivity (Wildman–Crippen MR) is 196 cm³/mol. The Hall–Kier alpha value is -0.819. The lowest BCUT2D eigenvalue weighted by Gasteiger charge is -2.16. The number of rotatable bonds is 26. The molecule has 0 aliphatic carbocycles. The van der Waals surface area contributed by atoms with Crippen molar-refractivity contribution in [3.63, 3.8) is 0 Å². The maximum atomic E-state index is 9.65. The van der Waals surface area contributed by atoms with Crippen molar-refractivity contribution in [3.05, 3.63) is 0 Å². The van der Waals surface area contributed by atoms with Gasteiger partial charge in [0.05, 0.1) is 45.7 Å². The summed E-state index contributed by atoms with van der Waals surface area (Å²) >= 11 is 0. The van der Waals surface area contributed by atoms with Gasteiger partial charge in [0.25, 0.3) is 0 Å². The first-order chi connectivity index (χ1) is 21.3. The standard InChI is InChI=1S/C19H44N2O5Si2.C7H15NOSi.C5H12O3/c1-18(25-26-19(20)10-8-14-27(2,3)4)16-22-12-13-23-24-17-21-11-9-15-28(5,6)7;1-10(2,3)6-4-5-8-7-9;1-5(7)4-8-3-2-6/h18,20-21H,8-17H2,1-7H3;4-6H2,1-3H3;5-7H,2-4H2,1H3. The van der Waals surface area contributed by atoms with Crippen LogP contribution in [0.2, 0.25) is 77.1 Å². The van der Waals surface area contributed by atoms with Gasteiger partial charge >= 0.3 is 0 Å². The molecule has 0 fully saturated rings. The molecule has 0 heterocycles. The second kappa shape index (κ2) is 31.4. The first kappa shape index (κ1) is 49.6. The summed E-state index contributed by atoms with van der Waals surface area (Å²) in [6.07, 6.45) is 4.70. The molecular formula is C31H71N3O9Si3. The second-order valence-corrected chi connectivity index (χ2v) is 31.8. The summed E-state index contributed by atoms with van der Waals surface area (Å²) in [5, 5.41) is 27.7. The first-order valence-electron chi connectivity index (χ1n) is 16.7. The molecule has 4 N–H and O–H groups in total. The van der Waals surface area contributed by atoms with Crippen molar-refractivity contribution in [2.45, 2.75) is 129 Å². The van der Waals surface area contributed by atoms with Crippen LogP contribution in [0.15, 0.2) is 4.99 Å². The van der Waals surface area contributed by atoms with E-state index in [1.54, 1.807) is 13.0 Å². The SMILES string of the molecule is CC(COCCOOCNCCC[Si](C)(C)C)OOC(=N)CCC[Si](C)(C)C.CC(O)COCCO.C[Si](C)(C)CCCN=C=O. The lowest BCUT2D eigenvalue weighted by Crippen LogP contribution is -2.24. The van der Waals surface area contributed by atoms with Crippen LogP contribution < -0.4 is 5.32 Å². The average molecular weight is 714 g/mol. The zero-order valence-corrected chi connectivity index (χ0v) is 34.2. The number of nitrogens with one attached hydrogen (secondary N) is 2. The van der Waals surface area contributed by atoms with Gasteiger partial charge in [-0.1, -0.05) is 77.1 Å². The summed E-state index contributed by atoms with van der Waals surface area (Å²) in [7, 11) is -2.89. The van der Waals surface area contributed by atoms with E-state index < -0.39 is 30.3 Å². The third kappa shape index (κ3) is 52.7. The number of aliphatic hydroxyl groups excluding tert-OH is 2.